The van der Waals surface area contributed by atoms with Gasteiger partial charge in [0.1, 0.15) is 12.2 Å². The second-order valence-electron chi connectivity index (χ2n) is 3.72. The molecule has 13 heavy (non-hydrogen) atoms. The molecular formula is C9H16N4. The highest BCUT2D eigenvalue weighted by Crippen LogP contribution is 2.25. The summed E-state index contributed by atoms with van der Waals surface area (Å²) in [4.78, 5) is 0. The van der Waals surface area contributed by atoms with Gasteiger partial charge >= 0.3 is 0 Å². The third kappa shape index (κ3) is 1.46. The summed E-state index contributed by atoms with van der Waals surface area (Å²) in [5.74, 6) is 2.36. The maximum Gasteiger partial charge on any atom is 0.137 e. The van der Waals surface area contributed by atoms with Crippen LogP contribution >= 0.6 is 0 Å². The zero-order valence-corrected chi connectivity index (χ0v) is 8.20. The Labute approximate surface area is 78.4 Å². The van der Waals surface area contributed by atoms with E-state index in [1.54, 1.807) is 0 Å². The van der Waals surface area contributed by atoms with E-state index in [1.165, 1.54) is 0 Å². The van der Waals surface area contributed by atoms with Crippen LogP contribution in [0.25, 0.3) is 0 Å². The van der Waals surface area contributed by atoms with Crippen molar-refractivity contribution in [3.63, 3.8) is 0 Å². The average molecular weight is 180 g/mol. The van der Waals surface area contributed by atoms with Crippen LogP contribution in [-0.4, -0.2) is 27.9 Å². The Balaban J connectivity index is 2.23. The van der Waals surface area contributed by atoms with Crippen LogP contribution in [0.1, 0.15) is 25.6 Å². The largest absolute Gasteiger partial charge is 0.318 e. The van der Waals surface area contributed by atoms with Crippen LogP contribution in [0.2, 0.25) is 0 Å². The van der Waals surface area contributed by atoms with Gasteiger partial charge in [-0.05, 0) is 19.4 Å². The predicted molar refractivity (Wildman–Crippen MR) is 50.5 cm³/mol. The number of rotatable bonds is 2. The van der Waals surface area contributed by atoms with Crippen LogP contribution in [0.3, 0.4) is 0 Å². The van der Waals surface area contributed by atoms with Crippen molar-refractivity contribution in [3.8, 4) is 0 Å². The Morgan fingerprint density at radius 1 is 1.62 bits per heavy atom. The highest BCUT2D eigenvalue weighted by atomic mass is 15.3. The van der Waals surface area contributed by atoms with Gasteiger partial charge in [-0.2, -0.15) is 0 Å². The molecule has 1 saturated heterocycles. The van der Waals surface area contributed by atoms with Crippen molar-refractivity contribution >= 4 is 0 Å². The fraction of sp³-hybridized carbons (Fsp3) is 0.778. The second-order valence-corrected chi connectivity index (χ2v) is 3.72. The molecule has 4 heteroatoms. The molecule has 0 bridgehead atoms. The van der Waals surface area contributed by atoms with Crippen molar-refractivity contribution in [2.24, 2.45) is 5.92 Å². The lowest BCUT2D eigenvalue weighted by Crippen LogP contribution is -2.14. The molecule has 0 amide bonds. The third-order valence-electron chi connectivity index (χ3n) is 2.84. The molecular weight excluding hydrogens is 164 g/mol. The van der Waals surface area contributed by atoms with Gasteiger partial charge < -0.3 is 9.88 Å². The summed E-state index contributed by atoms with van der Waals surface area (Å²) in [7, 11) is 0. The summed E-state index contributed by atoms with van der Waals surface area (Å²) < 4.78 is 2.13. The molecule has 0 radical (unpaired) electrons. The lowest BCUT2D eigenvalue weighted by atomic mass is 9.97. The van der Waals surface area contributed by atoms with Crippen LogP contribution < -0.4 is 5.32 Å². The van der Waals surface area contributed by atoms with Gasteiger partial charge in [0.15, 0.2) is 0 Å². The molecule has 1 N–H and O–H groups in total. The lowest BCUT2D eigenvalue weighted by molar-refractivity contribution is 0.517. The SMILES string of the molecule is CCn1cnnc1[C@@H]1CNC[C@H]1C. The summed E-state index contributed by atoms with van der Waals surface area (Å²) in [6.07, 6.45) is 1.82. The number of nitrogens with one attached hydrogen (secondary N) is 1. The van der Waals surface area contributed by atoms with E-state index in [1.807, 2.05) is 6.33 Å². The summed E-state index contributed by atoms with van der Waals surface area (Å²) >= 11 is 0. The first-order valence-corrected chi connectivity index (χ1v) is 4.91. The minimum Gasteiger partial charge on any atom is -0.318 e. The Morgan fingerprint density at radius 3 is 3.08 bits per heavy atom. The van der Waals surface area contributed by atoms with Gasteiger partial charge in [-0.1, -0.05) is 6.92 Å². The number of hydrogen-bond donors (Lipinski definition) is 1. The fourth-order valence-corrected chi connectivity index (χ4v) is 1.95. The number of hydrogen-bond acceptors (Lipinski definition) is 3. The lowest BCUT2D eigenvalue weighted by Gasteiger charge is -2.13. The second kappa shape index (κ2) is 3.46. The van der Waals surface area contributed by atoms with E-state index in [-0.39, 0.29) is 0 Å². The quantitative estimate of drug-likeness (QED) is 0.725. The van der Waals surface area contributed by atoms with Gasteiger partial charge in [0.25, 0.3) is 0 Å². The van der Waals surface area contributed by atoms with Gasteiger partial charge in [-0.25, -0.2) is 0 Å². The highest BCUT2D eigenvalue weighted by molar-refractivity contribution is 5.03. The summed E-state index contributed by atoms with van der Waals surface area (Å²) in [5.41, 5.74) is 0. The number of aromatic nitrogens is 3. The van der Waals surface area contributed by atoms with E-state index in [0.29, 0.717) is 11.8 Å². The van der Waals surface area contributed by atoms with Gasteiger partial charge in [-0.15, -0.1) is 10.2 Å². The van der Waals surface area contributed by atoms with Crippen LogP contribution in [0.5, 0.6) is 0 Å². The molecule has 1 aromatic heterocycles. The molecule has 2 rings (SSSR count). The number of aryl methyl sites for hydroxylation is 1. The van der Waals surface area contributed by atoms with E-state index < -0.39 is 0 Å². The van der Waals surface area contributed by atoms with Gasteiger partial charge in [0, 0.05) is 19.0 Å². The molecule has 1 fully saturated rings. The van der Waals surface area contributed by atoms with E-state index in [0.717, 1.165) is 25.5 Å². The van der Waals surface area contributed by atoms with E-state index in [2.05, 4.69) is 33.9 Å². The van der Waals surface area contributed by atoms with E-state index in [4.69, 9.17) is 0 Å². The monoisotopic (exact) mass is 180 g/mol. The van der Waals surface area contributed by atoms with E-state index >= 15 is 0 Å². The van der Waals surface area contributed by atoms with Crippen LogP contribution in [0, 0.1) is 5.92 Å². The van der Waals surface area contributed by atoms with Gasteiger partial charge in [0.2, 0.25) is 0 Å². The van der Waals surface area contributed by atoms with Gasteiger partial charge in [0.05, 0.1) is 0 Å². The molecule has 2 atom stereocenters. The fourth-order valence-electron chi connectivity index (χ4n) is 1.95. The van der Waals surface area contributed by atoms with Crippen molar-refractivity contribution in [1.29, 1.82) is 0 Å². The molecule has 4 nitrogen and oxygen atoms in total. The molecule has 0 unspecified atom stereocenters. The molecule has 2 heterocycles. The maximum absolute atomic E-state index is 4.19. The first kappa shape index (κ1) is 8.69. The molecule has 0 aromatic carbocycles. The van der Waals surface area contributed by atoms with Crippen molar-refractivity contribution in [2.75, 3.05) is 13.1 Å². The van der Waals surface area contributed by atoms with Crippen molar-refractivity contribution in [1.82, 2.24) is 20.1 Å². The molecule has 1 aliphatic heterocycles. The average Bonchev–Trinajstić information content (AvgIpc) is 2.71. The van der Waals surface area contributed by atoms with Crippen molar-refractivity contribution in [3.05, 3.63) is 12.2 Å². The first-order chi connectivity index (χ1) is 6.33. The van der Waals surface area contributed by atoms with Crippen LogP contribution in [0.4, 0.5) is 0 Å². The molecule has 1 aliphatic rings. The van der Waals surface area contributed by atoms with Crippen LogP contribution in [0.15, 0.2) is 6.33 Å². The zero-order valence-electron chi connectivity index (χ0n) is 8.20. The van der Waals surface area contributed by atoms with Gasteiger partial charge in [-0.3, -0.25) is 0 Å². The standard InChI is InChI=1S/C9H16N4/c1-3-13-6-11-12-9(13)8-5-10-4-7(8)2/h6-8,10H,3-5H2,1-2H3/t7-,8-/m1/s1. The molecule has 72 valence electrons. The summed E-state index contributed by atoms with van der Waals surface area (Å²) in [6, 6.07) is 0. The minimum absolute atomic E-state index is 0.544. The third-order valence-corrected chi connectivity index (χ3v) is 2.84. The maximum atomic E-state index is 4.19. The topological polar surface area (TPSA) is 42.7 Å². The number of nitrogens with zero attached hydrogens (tertiary/aromatic N) is 3. The predicted octanol–water partition coefficient (Wildman–Crippen LogP) is 0.621. The zero-order chi connectivity index (χ0) is 9.26. The Bertz CT molecular complexity index is 281. The summed E-state index contributed by atoms with van der Waals surface area (Å²) in [6.45, 7) is 7.49. The minimum atomic E-state index is 0.544. The highest BCUT2D eigenvalue weighted by Gasteiger charge is 2.28. The van der Waals surface area contributed by atoms with E-state index in [9.17, 15) is 0 Å². The molecule has 1 aromatic rings. The molecule has 0 saturated carbocycles. The smallest absolute Gasteiger partial charge is 0.137 e. The Hall–Kier alpha value is -0.900. The molecule has 0 aliphatic carbocycles. The first-order valence-electron chi connectivity index (χ1n) is 4.91. The molecule has 0 spiro atoms. The van der Waals surface area contributed by atoms with Crippen molar-refractivity contribution in [2.45, 2.75) is 26.3 Å². The van der Waals surface area contributed by atoms with Crippen molar-refractivity contribution < 1.29 is 0 Å². The summed E-state index contributed by atoms with van der Waals surface area (Å²) in [5, 5.41) is 11.5. The van der Waals surface area contributed by atoms with Crippen LogP contribution in [-0.2, 0) is 6.54 Å². The normalized spacial score (nSPS) is 28.2. The Kier molecular flexibility index (Phi) is 2.31. The Morgan fingerprint density at radius 2 is 2.46 bits per heavy atom.